The van der Waals surface area contributed by atoms with E-state index in [2.05, 4.69) is 20.8 Å². The fourth-order valence-corrected chi connectivity index (χ4v) is 8.74. The molecule has 4 heteroatoms. The molecule has 4 fully saturated rings. The van der Waals surface area contributed by atoms with E-state index in [-0.39, 0.29) is 29.5 Å². The second-order valence-electron chi connectivity index (χ2n) is 11.3. The summed E-state index contributed by atoms with van der Waals surface area (Å²) in [6, 6.07) is 0. The molecule has 0 aromatic heterocycles. The van der Waals surface area contributed by atoms with Crippen molar-refractivity contribution in [1.82, 2.24) is 0 Å². The highest BCUT2D eigenvalue weighted by atomic mass is 16.4. The van der Waals surface area contributed by atoms with Gasteiger partial charge < -0.3 is 15.3 Å². The molecule has 4 rings (SSSR count). The number of aliphatic carboxylic acids is 1. The van der Waals surface area contributed by atoms with Crippen LogP contribution in [0, 0.1) is 46.3 Å². The highest BCUT2D eigenvalue weighted by Gasteiger charge is 2.65. The van der Waals surface area contributed by atoms with Gasteiger partial charge in [0.25, 0.3) is 0 Å². The number of carboxylic acids is 1. The highest BCUT2D eigenvalue weighted by molar-refractivity contribution is 5.66. The van der Waals surface area contributed by atoms with Crippen molar-refractivity contribution in [1.29, 1.82) is 0 Å². The third-order valence-electron chi connectivity index (χ3n) is 10.3. The van der Waals surface area contributed by atoms with Gasteiger partial charge in [0.1, 0.15) is 0 Å². The van der Waals surface area contributed by atoms with Crippen molar-refractivity contribution in [3.63, 3.8) is 0 Å². The van der Waals surface area contributed by atoms with Crippen LogP contribution in [0.2, 0.25) is 0 Å². The van der Waals surface area contributed by atoms with Gasteiger partial charge in [-0.2, -0.15) is 0 Å². The number of aliphatic hydroxyl groups excluding tert-OH is 2. The van der Waals surface area contributed by atoms with E-state index >= 15 is 0 Å². The van der Waals surface area contributed by atoms with E-state index in [0.717, 1.165) is 25.7 Å². The Hall–Kier alpha value is -0.610. The average molecular weight is 393 g/mol. The summed E-state index contributed by atoms with van der Waals surface area (Å²) in [7, 11) is 0. The molecule has 10 atom stereocenters. The number of fused-ring (bicyclic) bond motifs is 5. The Morgan fingerprint density at radius 1 is 1.07 bits per heavy atom. The monoisotopic (exact) mass is 392 g/mol. The lowest BCUT2D eigenvalue weighted by Crippen LogP contribution is -2.61. The van der Waals surface area contributed by atoms with Crippen LogP contribution in [-0.4, -0.2) is 33.5 Å². The number of carboxylic acid groups (broad SMARTS) is 1. The molecule has 4 saturated carbocycles. The van der Waals surface area contributed by atoms with Crippen LogP contribution in [-0.2, 0) is 4.79 Å². The number of rotatable bonds is 4. The van der Waals surface area contributed by atoms with E-state index in [0.29, 0.717) is 41.9 Å². The summed E-state index contributed by atoms with van der Waals surface area (Å²) in [4.78, 5) is 11.1. The first-order valence-corrected chi connectivity index (χ1v) is 11.8. The van der Waals surface area contributed by atoms with Gasteiger partial charge >= 0.3 is 5.97 Å². The minimum absolute atomic E-state index is 0.183. The normalized spacial score (nSPS) is 51.7. The standard InChI is InChI=1S/C24H40O4/c1-14(7-10-21(27)28)16-8-9-17-22-18(13-20(26)24(16,17)3)23(2)11-5-4-6-15(23)12-19(22)25/h14-20,22,25-26H,4-13H2,1-3H3,(H,27,28)/t14-,15+,16-,17+,18?,19-,20+,22+,23+,24-/m1/s1. The van der Waals surface area contributed by atoms with Gasteiger partial charge in [-0.1, -0.05) is 33.6 Å². The van der Waals surface area contributed by atoms with Crippen molar-refractivity contribution < 1.29 is 20.1 Å². The third kappa shape index (κ3) is 2.96. The summed E-state index contributed by atoms with van der Waals surface area (Å²) >= 11 is 0. The fourth-order valence-electron chi connectivity index (χ4n) is 8.74. The summed E-state index contributed by atoms with van der Waals surface area (Å²) < 4.78 is 0. The van der Waals surface area contributed by atoms with E-state index in [1.807, 2.05) is 0 Å². The molecule has 0 aromatic rings. The van der Waals surface area contributed by atoms with Crippen molar-refractivity contribution in [3.05, 3.63) is 0 Å². The molecule has 4 aliphatic rings. The Balaban J connectivity index is 1.61. The maximum Gasteiger partial charge on any atom is 0.303 e. The lowest BCUT2D eigenvalue weighted by molar-refractivity contribution is -0.201. The Labute approximate surface area is 170 Å². The first-order valence-electron chi connectivity index (χ1n) is 11.8. The molecule has 0 heterocycles. The Kier molecular flexibility index (Phi) is 5.36. The minimum Gasteiger partial charge on any atom is -0.481 e. The average Bonchev–Trinajstić information content (AvgIpc) is 3.00. The zero-order valence-corrected chi connectivity index (χ0v) is 17.9. The maximum absolute atomic E-state index is 11.5. The molecule has 3 N–H and O–H groups in total. The maximum atomic E-state index is 11.5. The molecular formula is C24H40O4. The minimum atomic E-state index is -0.727. The van der Waals surface area contributed by atoms with Crippen LogP contribution >= 0.6 is 0 Å². The smallest absolute Gasteiger partial charge is 0.303 e. The molecular weight excluding hydrogens is 352 g/mol. The van der Waals surface area contributed by atoms with Gasteiger partial charge in [-0.05, 0) is 91.3 Å². The van der Waals surface area contributed by atoms with E-state index < -0.39 is 5.97 Å². The highest BCUT2D eigenvalue weighted by Crippen LogP contribution is 2.68. The predicted molar refractivity (Wildman–Crippen MR) is 109 cm³/mol. The Morgan fingerprint density at radius 3 is 2.54 bits per heavy atom. The molecule has 0 aromatic carbocycles. The molecule has 160 valence electrons. The molecule has 4 aliphatic carbocycles. The SMILES string of the molecule is C[C@H](CCC(=O)O)[C@H]1CC[C@H]2[C@H]3C(C[C@H](O)[C@]12C)[C@@]1(C)CCCC[C@H]1C[C@H]3O. The van der Waals surface area contributed by atoms with Crippen LogP contribution < -0.4 is 0 Å². The first kappa shape index (κ1) is 20.7. The number of carbonyl (C=O) groups is 1. The summed E-state index contributed by atoms with van der Waals surface area (Å²) in [5.41, 5.74) is 0.0927. The molecule has 0 amide bonds. The van der Waals surface area contributed by atoms with Crippen LogP contribution in [0.4, 0.5) is 0 Å². The molecule has 1 unspecified atom stereocenters. The van der Waals surface area contributed by atoms with Crippen molar-refractivity contribution in [2.75, 3.05) is 0 Å². The van der Waals surface area contributed by atoms with Gasteiger partial charge in [-0.25, -0.2) is 0 Å². The molecule has 0 bridgehead atoms. The Bertz CT molecular complexity index is 605. The molecule has 0 saturated heterocycles. The van der Waals surface area contributed by atoms with Crippen molar-refractivity contribution in [3.8, 4) is 0 Å². The second-order valence-corrected chi connectivity index (χ2v) is 11.3. The molecule has 4 nitrogen and oxygen atoms in total. The van der Waals surface area contributed by atoms with Crippen molar-refractivity contribution >= 4 is 5.97 Å². The predicted octanol–water partition coefficient (Wildman–Crippen LogP) is 4.48. The number of hydrogen-bond donors (Lipinski definition) is 3. The van der Waals surface area contributed by atoms with Gasteiger partial charge in [0.15, 0.2) is 0 Å². The number of hydrogen-bond acceptors (Lipinski definition) is 3. The van der Waals surface area contributed by atoms with Gasteiger partial charge in [-0.15, -0.1) is 0 Å². The van der Waals surface area contributed by atoms with Crippen molar-refractivity contribution in [2.24, 2.45) is 46.3 Å². The number of aliphatic hydroxyl groups is 2. The van der Waals surface area contributed by atoms with E-state index in [4.69, 9.17) is 5.11 Å². The molecule has 28 heavy (non-hydrogen) atoms. The van der Waals surface area contributed by atoms with Crippen LogP contribution in [0.3, 0.4) is 0 Å². The van der Waals surface area contributed by atoms with Crippen molar-refractivity contribution in [2.45, 2.75) is 97.2 Å². The van der Waals surface area contributed by atoms with E-state index in [1.54, 1.807) is 0 Å². The summed E-state index contributed by atoms with van der Waals surface area (Å²) in [6.45, 7) is 6.89. The summed E-state index contributed by atoms with van der Waals surface area (Å²) in [5.74, 6) is 1.66. The summed E-state index contributed by atoms with van der Waals surface area (Å²) in [6.07, 6.45) is 9.32. The van der Waals surface area contributed by atoms with Crippen LogP contribution in [0.5, 0.6) is 0 Å². The lowest BCUT2D eigenvalue weighted by Gasteiger charge is -2.63. The zero-order chi connectivity index (χ0) is 20.3. The Morgan fingerprint density at radius 2 is 1.82 bits per heavy atom. The lowest BCUT2D eigenvalue weighted by atomic mass is 9.43. The molecule has 0 radical (unpaired) electrons. The first-order chi connectivity index (χ1) is 13.2. The van der Waals surface area contributed by atoms with Crippen LogP contribution in [0.1, 0.15) is 85.0 Å². The van der Waals surface area contributed by atoms with Gasteiger partial charge in [0.2, 0.25) is 0 Å². The summed E-state index contributed by atoms with van der Waals surface area (Å²) in [5, 5.41) is 31.8. The molecule has 0 aliphatic heterocycles. The van der Waals surface area contributed by atoms with E-state index in [1.165, 1.54) is 25.7 Å². The van der Waals surface area contributed by atoms with Crippen LogP contribution in [0.15, 0.2) is 0 Å². The van der Waals surface area contributed by atoms with Crippen LogP contribution in [0.25, 0.3) is 0 Å². The third-order valence-corrected chi connectivity index (χ3v) is 10.3. The molecule has 0 spiro atoms. The quantitative estimate of drug-likeness (QED) is 0.659. The van der Waals surface area contributed by atoms with Gasteiger partial charge in [0, 0.05) is 6.42 Å². The zero-order valence-electron chi connectivity index (χ0n) is 17.9. The largest absolute Gasteiger partial charge is 0.481 e. The van der Waals surface area contributed by atoms with Gasteiger partial charge in [-0.3, -0.25) is 4.79 Å². The topological polar surface area (TPSA) is 77.8 Å². The van der Waals surface area contributed by atoms with Gasteiger partial charge in [0.05, 0.1) is 12.2 Å². The van der Waals surface area contributed by atoms with E-state index in [9.17, 15) is 15.0 Å². The fraction of sp³-hybridized carbons (Fsp3) is 0.958. The second kappa shape index (κ2) is 7.27.